The highest BCUT2D eigenvalue weighted by Gasteiger charge is 2.05. The molecule has 0 radical (unpaired) electrons. The van der Waals surface area contributed by atoms with Crippen molar-refractivity contribution in [3.8, 4) is 5.75 Å². The van der Waals surface area contributed by atoms with E-state index in [9.17, 15) is 4.79 Å². The molecule has 0 fully saturated rings. The lowest BCUT2D eigenvalue weighted by atomic mass is 10.2. The van der Waals surface area contributed by atoms with Gasteiger partial charge in [-0.05, 0) is 36.8 Å². The molecule has 0 atom stereocenters. The van der Waals surface area contributed by atoms with E-state index in [0.717, 1.165) is 18.4 Å². The molecule has 2 rings (SSSR count). The van der Waals surface area contributed by atoms with Crippen LogP contribution in [0.2, 0.25) is 5.02 Å². The zero-order valence-electron chi connectivity index (χ0n) is 14.4. The minimum absolute atomic E-state index is 0.263. The number of hydrazone groups is 1. The minimum atomic E-state index is -0.263. The Labute approximate surface area is 153 Å². The zero-order chi connectivity index (χ0) is 17.9. The molecule has 0 saturated carbocycles. The van der Waals surface area contributed by atoms with Crippen LogP contribution in [0.15, 0.2) is 53.6 Å². The lowest BCUT2D eigenvalue weighted by molar-refractivity contribution is 0.0955. The summed E-state index contributed by atoms with van der Waals surface area (Å²) in [5.74, 6) is 0.444. The van der Waals surface area contributed by atoms with Gasteiger partial charge < -0.3 is 4.74 Å². The van der Waals surface area contributed by atoms with Gasteiger partial charge in [-0.15, -0.1) is 0 Å². The van der Waals surface area contributed by atoms with Crippen LogP contribution >= 0.6 is 11.6 Å². The highest BCUT2D eigenvalue weighted by Crippen LogP contribution is 2.21. The number of carbonyl (C=O) groups is 1. The Kier molecular flexibility index (Phi) is 7.99. The zero-order valence-corrected chi connectivity index (χ0v) is 15.1. The fourth-order valence-corrected chi connectivity index (χ4v) is 2.46. The maximum atomic E-state index is 12.0. The van der Waals surface area contributed by atoms with Crippen molar-refractivity contribution < 1.29 is 9.53 Å². The van der Waals surface area contributed by atoms with Gasteiger partial charge in [0.25, 0.3) is 5.91 Å². The molecule has 0 spiro atoms. The van der Waals surface area contributed by atoms with Gasteiger partial charge in [0.2, 0.25) is 0 Å². The van der Waals surface area contributed by atoms with Crippen LogP contribution in [0.25, 0.3) is 0 Å². The van der Waals surface area contributed by atoms with E-state index >= 15 is 0 Å². The predicted molar refractivity (Wildman–Crippen MR) is 103 cm³/mol. The summed E-state index contributed by atoms with van der Waals surface area (Å²) in [5.41, 5.74) is 3.80. The van der Waals surface area contributed by atoms with Crippen molar-refractivity contribution in [1.29, 1.82) is 0 Å². The van der Waals surface area contributed by atoms with Crippen molar-refractivity contribution in [2.24, 2.45) is 5.10 Å². The second kappa shape index (κ2) is 10.5. The van der Waals surface area contributed by atoms with Crippen LogP contribution in [-0.2, 0) is 0 Å². The molecule has 0 aliphatic carbocycles. The van der Waals surface area contributed by atoms with E-state index in [1.807, 2.05) is 12.1 Å². The Hall–Kier alpha value is -2.33. The van der Waals surface area contributed by atoms with E-state index in [2.05, 4.69) is 17.5 Å². The Balaban J connectivity index is 1.95. The van der Waals surface area contributed by atoms with Crippen LogP contribution in [0.5, 0.6) is 5.75 Å². The van der Waals surface area contributed by atoms with Crippen molar-refractivity contribution in [1.82, 2.24) is 5.43 Å². The van der Waals surface area contributed by atoms with E-state index in [1.54, 1.807) is 42.6 Å². The molecule has 25 heavy (non-hydrogen) atoms. The van der Waals surface area contributed by atoms with Crippen molar-refractivity contribution in [2.75, 3.05) is 6.61 Å². The number of rotatable bonds is 9. The van der Waals surface area contributed by atoms with Crippen molar-refractivity contribution in [2.45, 2.75) is 32.6 Å². The smallest absolute Gasteiger partial charge is 0.271 e. The molecule has 0 unspecified atom stereocenters. The first kappa shape index (κ1) is 19.0. The molecule has 0 saturated heterocycles. The van der Waals surface area contributed by atoms with Gasteiger partial charge in [0, 0.05) is 16.1 Å². The average Bonchev–Trinajstić information content (AvgIpc) is 2.63. The van der Waals surface area contributed by atoms with Crippen LogP contribution in [-0.4, -0.2) is 18.7 Å². The molecule has 0 aromatic heterocycles. The first-order valence-electron chi connectivity index (χ1n) is 8.51. The van der Waals surface area contributed by atoms with E-state index in [0.29, 0.717) is 22.9 Å². The van der Waals surface area contributed by atoms with Crippen molar-refractivity contribution in [3.63, 3.8) is 0 Å². The van der Waals surface area contributed by atoms with Crippen molar-refractivity contribution in [3.05, 3.63) is 64.7 Å². The Morgan fingerprint density at radius 1 is 1.16 bits per heavy atom. The molecule has 1 amide bonds. The number of ether oxygens (including phenoxy) is 1. The van der Waals surface area contributed by atoms with Crippen LogP contribution < -0.4 is 10.2 Å². The molecule has 0 aliphatic heterocycles. The molecule has 4 nitrogen and oxygen atoms in total. The number of unbranched alkanes of at least 4 members (excludes halogenated alkanes) is 3. The van der Waals surface area contributed by atoms with Gasteiger partial charge >= 0.3 is 0 Å². The Morgan fingerprint density at radius 2 is 1.96 bits per heavy atom. The summed E-state index contributed by atoms with van der Waals surface area (Å²) in [6.07, 6.45) is 6.12. The summed E-state index contributed by atoms with van der Waals surface area (Å²) in [6, 6.07) is 14.3. The topological polar surface area (TPSA) is 50.7 Å². The summed E-state index contributed by atoms with van der Waals surface area (Å²) in [6.45, 7) is 2.83. The molecular formula is C20H23ClN2O2. The van der Waals surface area contributed by atoms with Crippen molar-refractivity contribution >= 4 is 23.7 Å². The SMILES string of the molecule is CCCCCCOc1ccc(Cl)cc1C=NNC(=O)c1ccccc1. The fraction of sp³-hybridized carbons (Fsp3) is 0.300. The average molecular weight is 359 g/mol. The number of hydrogen-bond acceptors (Lipinski definition) is 3. The molecule has 1 N–H and O–H groups in total. The van der Waals surface area contributed by atoms with Crippen LogP contribution in [0.4, 0.5) is 0 Å². The summed E-state index contributed by atoms with van der Waals surface area (Å²) in [7, 11) is 0. The third kappa shape index (κ3) is 6.59. The second-order valence-corrected chi connectivity index (χ2v) is 6.09. The molecule has 0 aliphatic rings. The maximum absolute atomic E-state index is 12.0. The number of amides is 1. The fourth-order valence-electron chi connectivity index (χ4n) is 2.28. The van der Waals surface area contributed by atoms with E-state index in [4.69, 9.17) is 16.3 Å². The number of benzene rings is 2. The summed E-state index contributed by atoms with van der Waals surface area (Å²) in [4.78, 5) is 12.0. The maximum Gasteiger partial charge on any atom is 0.271 e. The lowest BCUT2D eigenvalue weighted by Crippen LogP contribution is -2.17. The van der Waals surface area contributed by atoms with E-state index in [-0.39, 0.29) is 5.91 Å². The summed E-state index contributed by atoms with van der Waals surface area (Å²) >= 11 is 6.05. The number of halogens is 1. The van der Waals surface area contributed by atoms with Crippen LogP contribution in [0, 0.1) is 0 Å². The Morgan fingerprint density at radius 3 is 2.72 bits per heavy atom. The number of nitrogens with one attached hydrogen (secondary N) is 1. The normalized spacial score (nSPS) is 10.8. The summed E-state index contributed by atoms with van der Waals surface area (Å²) in [5, 5.41) is 4.61. The van der Waals surface area contributed by atoms with Crippen LogP contribution in [0.1, 0.15) is 48.5 Å². The number of hydrogen-bond donors (Lipinski definition) is 1. The third-order valence-electron chi connectivity index (χ3n) is 3.63. The largest absolute Gasteiger partial charge is 0.493 e. The van der Waals surface area contributed by atoms with Gasteiger partial charge in [0.05, 0.1) is 12.8 Å². The molecular weight excluding hydrogens is 336 g/mol. The quantitative estimate of drug-likeness (QED) is 0.387. The Bertz CT molecular complexity index is 702. The van der Waals surface area contributed by atoms with Gasteiger partial charge in [0.15, 0.2) is 0 Å². The molecule has 132 valence electrons. The molecule has 2 aromatic rings. The first-order valence-corrected chi connectivity index (χ1v) is 8.89. The highest BCUT2D eigenvalue weighted by molar-refractivity contribution is 6.30. The van der Waals surface area contributed by atoms with Gasteiger partial charge in [-0.1, -0.05) is 56.0 Å². The highest BCUT2D eigenvalue weighted by atomic mass is 35.5. The molecule has 2 aromatic carbocycles. The van der Waals surface area contributed by atoms with Gasteiger partial charge in [-0.2, -0.15) is 5.10 Å². The minimum Gasteiger partial charge on any atom is -0.493 e. The molecule has 0 heterocycles. The number of carbonyl (C=O) groups excluding carboxylic acids is 1. The van der Waals surface area contributed by atoms with Gasteiger partial charge in [-0.3, -0.25) is 4.79 Å². The second-order valence-electron chi connectivity index (χ2n) is 5.66. The van der Waals surface area contributed by atoms with E-state index in [1.165, 1.54) is 12.8 Å². The lowest BCUT2D eigenvalue weighted by Gasteiger charge is -2.09. The van der Waals surface area contributed by atoms with Gasteiger partial charge in [-0.25, -0.2) is 5.43 Å². The monoisotopic (exact) mass is 358 g/mol. The first-order chi connectivity index (χ1) is 12.2. The van der Waals surface area contributed by atoms with E-state index < -0.39 is 0 Å². The van der Waals surface area contributed by atoms with Crippen LogP contribution in [0.3, 0.4) is 0 Å². The predicted octanol–water partition coefficient (Wildman–Crippen LogP) is 5.06. The number of nitrogens with zero attached hydrogens (tertiary/aromatic N) is 1. The summed E-state index contributed by atoms with van der Waals surface area (Å²) < 4.78 is 5.82. The molecule has 0 bridgehead atoms. The standard InChI is InChI=1S/C20H23ClN2O2/c1-2-3-4-8-13-25-19-12-11-18(21)14-17(19)15-22-23-20(24)16-9-6-5-7-10-16/h5-7,9-12,14-15H,2-4,8,13H2,1H3,(H,23,24). The van der Waals surface area contributed by atoms with Gasteiger partial charge in [0.1, 0.15) is 5.75 Å². The third-order valence-corrected chi connectivity index (χ3v) is 3.87. The molecule has 5 heteroatoms.